The van der Waals surface area contributed by atoms with E-state index in [1.54, 1.807) is 4.90 Å². The molecule has 132 valence electrons. The van der Waals surface area contributed by atoms with E-state index in [2.05, 4.69) is 0 Å². The van der Waals surface area contributed by atoms with Crippen molar-refractivity contribution < 1.29 is 4.79 Å². The number of benzene rings is 3. The smallest absolute Gasteiger partial charge is 0.268 e. The molecule has 1 aliphatic heterocycles. The zero-order chi connectivity index (χ0) is 18.5. The van der Waals surface area contributed by atoms with Crippen molar-refractivity contribution in [2.45, 2.75) is 6.54 Å². The fourth-order valence-electron chi connectivity index (χ4n) is 2.83. The number of nitrogens with zero attached hydrogens (tertiary/aromatic N) is 2. The first-order valence-electron chi connectivity index (χ1n) is 8.74. The fourth-order valence-corrected chi connectivity index (χ4v) is 3.81. The minimum atomic E-state index is -0.0399. The number of amides is 1. The summed E-state index contributed by atoms with van der Waals surface area (Å²) in [5.41, 5.74) is 2.95. The number of hydrogen-bond acceptors (Lipinski definition) is 3. The minimum absolute atomic E-state index is 0.0399. The van der Waals surface area contributed by atoms with Crippen molar-refractivity contribution in [3.63, 3.8) is 0 Å². The van der Waals surface area contributed by atoms with E-state index in [1.165, 1.54) is 11.8 Å². The lowest BCUT2D eigenvalue weighted by Gasteiger charge is -2.15. The van der Waals surface area contributed by atoms with Gasteiger partial charge >= 0.3 is 0 Å². The first kappa shape index (κ1) is 17.3. The number of anilines is 1. The molecule has 0 N–H and O–H groups in total. The Morgan fingerprint density at radius 2 is 1.41 bits per heavy atom. The number of carbonyl (C=O) groups excluding carboxylic acids is 1. The molecule has 0 aliphatic carbocycles. The van der Waals surface area contributed by atoms with Gasteiger partial charge in [-0.1, -0.05) is 78.9 Å². The van der Waals surface area contributed by atoms with E-state index in [4.69, 9.17) is 4.99 Å². The van der Waals surface area contributed by atoms with Crippen molar-refractivity contribution in [3.05, 3.63) is 107 Å². The summed E-state index contributed by atoms with van der Waals surface area (Å²) in [6.45, 7) is 0.540. The monoisotopic (exact) mass is 370 g/mol. The van der Waals surface area contributed by atoms with Gasteiger partial charge in [0.05, 0.1) is 17.1 Å². The molecule has 4 rings (SSSR count). The molecule has 1 aliphatic rings. The largest absolute Gasteiger partial charge is 0.271 e. The third-order valence-corrected chi connectivity index (χ3v) is 5.16. The van der Waals surface area contributed by atoms with E-state index in [0.29, 0.717) is 16.6 Å². The van der Waals surface area contributed by atoms with Crippen molar-refractivity contribution in [2.75, 3.05) is 4.90 Å². The standard InChI is InChI=1S/C23H18N2OS/c26-22-21(16-18-10-4-1-5-11-18)27-23(24-17-19-12-6-2-7-13-19)25(22)20-14-8-3-9-15-20/h1-16H,17H2/b21-16-,24-23?. The molecular formula is C23H18N2OS. The summed E-state index contributed by atoms with van der Waals surface area (Å²) in [5.74, 6) is -0.0399. The first-order valence-corrected chi connectivity index (χ1v) is 9.55. The van der Waals surface area contributed by atoms with Crippen LogP contribution in [0.25, 0.3) is 6.08 Å². The summed E-state index contributed by atoms with van der Waals surface area (Å²) >= 11 is 1.42. The molecule has 3 nitrogen and oxygen atoms in total. The van der Waals surface area contributed by atoms with E-state index in [9.17, 15) is 4.79 Å². The lowest BCUT2D eigenvalue weighted by atomic mass is 10.2. The molecule has 1 saturated heterocycles. The zero-order valence-corrected chi connectivity index (χ0v) is 15.5. The average molecular weight is 370 g/mol. The highest BCUT2D eigenvalue weighted by Crippen LogP contribution is 2.36. The molecule has 3 aromatic carbocycles. The Morgan fingerprint density at radius 1 is 0.815 bits per heavy atom. The Labute approximate surface area is 163 Å². The molecule has 0 spiro atoms. The summed E-state index contributed by atoms with van der Waals surface area (Å²) in [7, 11) is 0. The van der Waals surface area contributed by atoms with Gasteiger partial charge in [-0.05, 0) is 41.1 Å². The number of para-hydroxylation sites is 1. The second-order valence-electron chi connectivity index (χ2n) is 6.08. The quantitative estimate of drug-likeness (QED) is 0.579. The van der Waals surface area contributed by atoms with Crippen LogP contribution >= 0.6 is 11.8 Å². The topological polar surface area (TPSA) is 32.7 Å². The van der Waals surface area contributed by atoms with E-state index in [0.717, 1.165) is 16.8 Å². The van der Waals surface area contributed by atoms with E-state index in [1.807, 2.05) is 97.1 Å². The number of thioether (sulfide) groups is 1. The number of amidine groups is 1. The Hall–Kier alpha value is -3.11. The highest BCUT2D eigenvalue weighted by atomic mass is 32.2. The van der Waals surface area contributed by atoms with Crippen LogP contribution in [-0.2, 0) is 11.3 Å². The molecule has 0 bridgehead atoms. The van der Waals surface area contributed by atoms with Crippen molar-refractivity contribution >= 4 is 34.6 Å². The maximum atomic E-state index is 13.1. The molecule has 0 radical (unpaired) electrons. The second kappa shape index (κ2) is 8.06. The Morgan fingerprint density at radius 3 is 2.07 bits per heavy atom. The lowest BCUT2D eigenvalue weighted by Crippen LogP contribution is -2.28. The third kappa shape index (κ3) is 4.01. The SMILES string of the molecule is O=C1/C(=C/c2ccccc2)SC(=NCc2ccccc2)N1c1ccccc1. The van der Waals surface area contributed by atoms with Crippen LogP contribution in [0.3, 0.4) is 0 Å². The van der Waals surface area contributed by atoms with Crippen LogP contribution in [0.1, 0.15) is 11.1 Å². The molecule has 1 heterocycles. The van der Waals surface area contributed by atoms with Gasteiger partial charge in [-0.2, -0.15) is 0 Å². The highest BCUT2D eigenvalue weighted by Gasteiger charge is 2.34. The van der Waals surface area contributed by atoms with Crippen molar-refractivity contribution in [3.8, 4) is 0 Å². The van der Waals surface area contributed by atoms with Gasteiger partial charge in [0.2, 0.25) is 0 Å². The lowest BCUT2D eigenvalue weighted by molar-refractivity contribution is -0.113. The maximum absolute atomic E-state index is 13.1. The summed E-state index contributed by atoms with van der Waals surface area (Å²) in [6.07, 6.45) is 1.92. The van der Waals surface area contributed by atoms with Gasteiger partial charge in [-0.15, -0.1) is 0 Å². The van der Waals surface area contributed by atoms with Gasteiger partial charge in [-0.3, -0.25) is 14.7 Å². The van der Waals surface area contributed by atoms with Gasteiger partial charge < -0.3 is 0 Å². The summed E-state index contributed by atoms with van der Waals surface area (Å²) in [5, 5.41) is 0.706. The molecule has 27 heavy (non-hydrogen) atoms. The van der Waals surface area contributed by atoms with Crippen LogP contribution in [0.2, 0.25) is 0 Å². The molecule has 0 unspecified atom stereocenters. The van der Waals surface area contributed by atoms with E-state index in [-0.39, 0.29) is 5.91 Å². The maximum Gasteiger partial charge on any atom is 0.271 e. The van der Waals surface area contributed by atoms with Crippen LogP contribution in [0.4, 0.5) is 5.69 Å². The van der Waals surface area contributed by atoms with Crippen molar-refractivity contribution in [2.24, 2.45) is 4.99 Å². The zero-order valence-electron chi connectivity index (χ0n) is 14.7. The van der Waals surface area contributed by atoms with Crippen LogP contribution in [-0.4, -0.2) is 11.1 Å². The third-order valence-electron chi connectivity index (χ3n) is 4.16. The van der Waals surface area contributed by atoms with E-state index >= 15 is 0 Å². The molecule has 4 heteroatoms. The average Bonchev–Trinajstić information content (AvgIpc) is 3.04. The molecule has 0 aromatic heterocycles. The van der Waals surface area contributed by atoms with Gasteiger partial charge in [-0.25, -0.2) is 0 Å². The first-order chi connectivity index (χ1) is 13.3. The van der Waals surface area contributed by atoms with Gasteiger partial charge in [0.25, 0.3) is 5.91 Å². The van der Waals surface area contributed by atoms with E-state index < -0.39 is 0 Å². The second-order valence-corrected chi connectivity index (χ2v) is 7.09. The van der Waals surface area contributed by atoms with Gasteiger partial charge in [0.15, 0.2) is 5.17 Å². The van der Waals surface area contributed by atoms with Crippen molar-refractivity contribution in [1.29, 1.82) is 0 Å². The van der Waals surface area contributed by atoms with Gasteiger partial charge in [0, 0.05) is 0 Å². The van der Waals surface area contributed by atoms with Crippen LogP contribution in [0.5, 0.6) is 0 Å². The summed E-state index contributed by atoms with van der Waals surface area (Å²) < 4.78 is 0. The summed E-state index contributed by atoms with van der Waals surface area (Å²) in [4.78, 5) is 20.2. The number of aliphatic imine (C=N–C) groups is 1. The Bertz CT molecular complexity index is 983. The predicted octanol–water partition coefficient (Wildman–Crippen LogP) is 5.36. The number of carbonyl (C=O) groups is 1. The molecule has 1 fully saturated rings. The highest BCUT2D eigenvalue weighted by molar-refractivity contribution is 8.19. The molecule has 0 saturated carbocycles. The molecular weight excluding hydrogens is 352 g/mol. The van der Waals surface area contributed by atoms with Gasteiger partial charge in [0.1, 0.15) is 0 Å². The number of hydrogen-bond donors (Lipinski definition) is 0. The van der Waals surface area contributed by atoms with Crippen LogP contribution in [0.15, 0.2) is 101 Å². The Balaban J connectivity index is 1.69. The fraction of sp³-hybridized carbons (Fsp3) is 0.0435. The normalized spacial score (nSPS) is 17.0. The molecule has 0 atom stereocenters. The number of rotatable bonds is 4. The van der Waals surface area contributed by atoms with Crippen molar-refractivity contribution in [1.82, 2.24) is 0 Å². The minimum Gasteiger partial charge on any atom is -0.268 e. The van der Waals surface area contributed by atoms with Crippen LogP contribution < -0.4 is 4.90 Å². The summed E-state index contributed by atoms with van der Waals surface area (Å²) in [6, 6.07) is 29.6. The van der Waals surface area contributed by atoms with Crippen LogP contribution in [0, 0.1) is 0 Å². The molecule has 3 aromatic rings. The molecule has 1 amide bonds. The Kier molecular flexibility index (Phi) is 5.17. The predicted molar refractivity (Wildman–Crippen MR) is 114 cm³/mol.